The van der Waals surface area contributed by atoms with Crippen LogP contribution in [-0.4, -0.2) is 68.5 Å². The number of quaternary nitrogens is 1. The lowest BCUT2D eigenvalue weighted by atomic mass is 10.1. The van der Waals surface area contributed by atoms with Crippen molar-refractivity contribution in [1.82, 2.24) is 15.2 Å². The van der Waals surface area contributed by atoms with Crippen molar-refractivity contribution in [3.05, 3.63) is 40.2 Å². The average molecular weight is 392 g/mol. The zero-order chi connectivity index (χ0) is 19.2. The Morgan fingerprint density at radius 2 is 2.15 bits per heavy atom. The SMILES string of the molecule is CNC(=S)N(CC[NH+]1CCOCC1)Cc1cc2cc(OC)ccc2[nH]c1=O. The Bertz CT molecular complexity index is 848. The molecule has 146 valence electrons. The number of nitrogens with one attached hydrogen (secondary N) is 3. The molecule has 7 nitrogen and oxygen atoms in total. The molecule has 0 amide bonds. The van der Waals surface area contributed by atoms with Gasteiger partial charge in [0.2, 0.25) is 0 Å². The number of thiocarbonyl (C=S) groups is 1. The van der Waals surface area contributed by atoms with Crippen LogP contribution >= 0.6 is 12.2 Å². The molecule has 1 saturated heterocycles. The Hall–Kier alpha value is -2.16. The maximum Gasteiger partial charge on any atom is 0.253 e. The minimum atomic E-state index is -0.0877. The molecule has 0 atom stereocenters. The summed E-state index contributed by atoms with van der Waals surface area (Å²) in [6.07, 6.45) is 0. The quantitative estimate of drug-likeness (QED) is 0.591. The summed E-state index contributed by atoms with van der Waals surface area (Å²) in [5.74, 6) is 0.763. The number of H-pyrrole nitrogens is 1. The maximum absolute atomic E-state index is 12.5. The lowest BCUT2D eigenvalue weighted by Gasteiger charge is -2.29. The van der Waals surface area contributed by atoms with Gasteiger partial charge in [0.25, 0.3) is 5.56 Å². The van der Waals surface area contributed by atoms with Gasteiger partial charge in [0.1, 0.15) is 18.8 Å². The maximum atomic E-state index is 12.5. The minimum absolute atomic E-state index is 0.0877. The van der Waals surface area contributed by atoms with Crippen LogP contribution in [0.5, 0.6) is 5.75 Å². The van der Waals surface area contributed by atoms with Gasteiger partial charge in [0.15, 0.2) is 5.11 Å². The van der Waals surface area contributed by atoms with E-state index < -0.39 is 0 Å². The van der Waals surface area contributed by atoms with Crippen LogP contribution in [0.3, 0.4) is 0 Å². The van der Waals surface area contributed by atoms with E-state index in [1.165, 1.54) is 4.90 Å². The first kappa shape index (κ1) is 19.6. The molecule has 2 aromatic rings. The van der Waals surface area contributed by atoms with Crippen molar-refractivity contribution in [2.45, 2.75) is 6.54 Å². The molecule has 0 spiro atoms. The second kappa shape index (κ2) is 9.16. The first-order valence-electron chi connectivity index (χ1n) is 9.18. The van der Waals surface area contributed by atoms with E-state index in [-0.39, 0.29) is 5.56 Å². The van der Waals surface area contributed by atoms with E-state index in [0.717, 1.165) is 56.0 Å². The summed E-state index contributed by atoms with van der Waals surface area (Å²) in [7, 11) is 3.45. The third kappa shape index (κ3) is 4.97. The zero-order valence-corrected chi connectivity index (χ0v) is 16.7. The van der Waals surface area contributed by atoms with E-state index in [1.54, 1.807) is 7.11 Å². The van der Waals surface area contributed by atoms with Gasteiger partial charge in [-0.25, -0.2) is 0 Å². The van der Waals surface area contributed by atoms with Crippen LogP contribution in [0, 0.1) is 0 Å². The van der Waals surface area contributed by atoms with E-state index in [0.29, 0.717) is 17.2 Å². The van der Waals surface area contributed by atoms with Crippen molar-refractivity contribution in [3.63, 3.8) is 0 Å². The number of methoxy groups -OCH3 is 1. The van der Waals surface area contributed by atoms with Gasteiger partial charge in [0.05, 0.1) is 40.0 Å². The number of rotatable bonds is 6. The molecule has 0 aliphatic carbocycles. The van der Waals surface area contributed by atoms with Crippen molar-refractivity contribution >= 4 is 28.2 Å². The molecule has 8 heteroatoms. The standard InChI is InChI=1S/C19H26N4O3S/c1-20-19(27)23(6-5-22-7-9-26-10-8-22)13-15-11-14-12-16(25-2)3-4-17(14)21-18(15)24/h3-4,11-12H,5-10,13H2,1-2H3,(H,20,27)(H,21,24)/p+1. The Morgan fingerprint density at radius 3 is 2.85 bits per heavy atom. The van der Waals surface area contributed by atoms with Crippen molar-refractivity contribution in [2.75, 3.05) is 53.6 Å². The van der Waals surface area contributed by atoms with Gasteiger partial charge in [-0.1, -0.05) is 0 Å². The Morgan fingerprint density at radius 1 is 1.37 bits per heavy atom. The smallest absolute Gasteiger partial charge is 0.253 e. The normalized spacial score (nSPS) is 14.9. The van der Waals surface area contributed by atoms with Crippen LogP contribution in [0.1, 0.15) is 5.56 Å². The van der Waals surface area contributed by atoms with Crippen LogP contribution in [0.25, 0.3) is 10.9 Å². The number of nitrogens with zero attached hydrogens (tertiary/aromatic N) is 1. The van der Waals surface area contributed by atoms with E-state index in [2.05, 4.69) is 10.3 Å². The van der Waals surface area contributed by atoms with E-state index in [9.17, 15) is 4.79 Å². The van der Waals surface area contributed by atoms with Gasteiger partial charge in [-0.15, -0.1) is 0 Å². The molecule has 0 saturated carbocycles. The topological polar surface area (TPSA) is 71.0 Å². The number of fused-ring (bicyclic) bond motifs is 1. The zero-order valence-electron chi connectivity index (χ0n) is 15.8. The fourth-order valence-corrected chi connectivity index (χ4v) is 3.45. The van der Waals surface area contributed by atoms with Gasteiger partial charge in [-0.3, -0.25) is 4.79 Å². The van der Waals surface area contributed by atoms with Crippen LogP contribution in [0.2, 0.25) is 0 Å². The largest absolute Gasteiger partial charge is 0.497 e. The van der Waals surface area contributed by atoms with E-state index >= 15 is 0 Å². The Labute approximate surface area is 164 Å². The molecule has 1 aromatic carbocycles. The van der Waals surface area contributed by atoms with E-state index in [1.807, 2.05) is 36.2 Å². The lowest BCUT2D eigenvalue weighted by molar-refractivity contribution is -0.907. The van der Waals surface area contributed by atoms with Crippen molar-refractivity contribution in [3.8, 4) is 5.75 Å². The molecule has 3 N–H and O–H groups in total. The highest BCUT2D eigenvalue weighted by Crippen LogP contribution is 2.19. The number of hydrogen-bond acceptors (Lipinski definition) is 4. The summed E-state index contributed by atoms with van der Waals surface area (Å²) in [5, 5.41) is 4.63. The Balaban J connectivity index is 1.78. The van der Waals surface area contributed by atoms with Gasteiger partial charge >= 0.3 is 0 Å². The lowest BCUT2D eigenvalue weighted by Crippen LogP contribution is -3.14. The van der Waals surface area contributed by atoms with Crippen molar-refractivity contribution in [2.24, 2.45) is 0 Å². The molecule has 1 aliphatic heterocycles. The van der Waals surface area contributed by atoms with Crippen LogP contribution in [0.15, 0.2) is 29.1 Å². The fraction of sp³-hybridized carbons (Fsp3) is 0.474. The van der Waals surface area contributed by atoms with Crippen LogP contribution < -0.4 is 20.5 Å². The number of morpholine rings is 1. The second-order valence-electron chi connectivity index (χ2n) is 6.67. The highest BCUT2D eigenvalue weighted by molar-refractivity contribution is 7.80. The molecule has 27 heavy (non-hydrogen) atoms. The number of aromatic nitrogens is 1. The summed E-state index contributed by atoms with van der Waals surface area (Å²) in [6, 6.07) is 7.54. The molecule has 1 aromatic heterocycles. The monoisotopic (exact) mass is 391 g/mol. The molecule has 2 heterocycles. The summed E-state index contributed by atoms with van der Waals surface area (Å²) in [4.78, 5) is 19.0. The van der Waals surface area contributed by atoms with Gasteiger partial charge in [-0.05, 0) is 36.5 Å². The molecule has 0 bridgehead atoms. The minimum Gasteiger partial charge on any atom is -0.497 e. The summed E-state index contributed by atoms with van der Waals surface area (Å²) < 4.78 is 10.7. The summed E-state index contributed by atoms with van der Waals surface area (Å²) in [6.45, 7) is 5.84. The predicted molar refractivity (Wildman–Crippen MR) is 110 cm³/mol. The molecule has 3 rings (SSSR count). The predicted octanol–water partition coefficient (Wildman–Crippen LogP) is -0.242. The third-order valence-electron chi connectivity index (χ3n) is 4.93. The highest BCUT2D eigenvalue weighted by Gasteiger charge is 2.18. The number of ether oxygens (including phenoxy) is 2. The molecular weight excluding hydrogens is 364 g/mol. The first-order valence-corrected chi connectivity index (χ1v) is 9.59. The van der Waals surface area contributed by atoms with Crippen LogP contribution in [0.4, 0.5) is 0 Å². The summed E-state index contributed by atoms with van der Waals surface area (Å²) >= 11 is 5.47. The summed E-state index contributed by atoms with van der Waals surface area (Å²) in [5.41, 5.74) is 1.39. The average Bonchev–Trinajstić information content (AvgIpc) is 2.71. The number of benzene rings is 1. The van der Waals surface area contributed by atoms with Crippen LogP contribution in [-0.2, 0) is 11.3 Å². The number of aromatic amines is 1. The molecule has 0 unspecified atom stereocenters. The molecular formula is C19H27N4O3S+. The van der Waals surface area contributed by atoms with E-state index in [4.69, 9.17) is 21.7 Å². The molecule has 0 radical (unpaired) electrons. The number of pyridine rings is 1. The van der Waals surface area contributed by atoms with Crippen molar-refractivity contribution in [1.29, 1.82) is 0 Å². The molecule has 1 aliphatic rings. The second-order valence-corrected chi connectivity index (χ2v) is 7.05. The van der Waals surface area contributed by atoms with Gasteiger partial charge in [-0.2, -0.15) is 0 Å². The first-order chi connectivity index (χ1) is 13.1. The van der Waals surface area contributed by atoms with Crippen molar-refractivity contribution < 1.29 is 14.4 Å². The highest BCUT2D eigenvalue weighted by atomic mass is 32.1. The third-order valence-corrected chi connectivity index (χ3v) is 5.39. The van der Waals surface area contributed by atoms with Gasteiger partial charge < -0.3 is 29.6 Å². The van der Waals surface area contributed by atoms with Gasteiger partial charge in [0, 0.05) is 23.5 Å². The molecule has 1 fully saturated rings. The fourth-order valence-electron chi connectivity index (χ4n) is 3.29. The number of hydrogen-bond donors (Lipinski definition) is 3. The Kier molecular flexibility index (Phi) is 6.65.